The Kier molecular flexibility index (Phi) is 3.39. The van der Waals surface area contributed by atoms with E-state index in [0.717, 1.165) is 5.82 Å². The van der Waals surface area contributed by atoms with Crippen LogP contribution in [0.2, 0.25) is 0 Å². The third-order valence-corrected chi connectivity index (χ3v) is 2.50. The summed E-state index contributed by atoms with van der Waals surface area (Å²) in [5, 5.41) is 0. The summed E-state index contributed by atoms with van der Waals surface area (Å²) in [7, 11) is 1.44. The van der Waals surface area contributed by atoms with Gasteiger partial charge < -0.3 is 15.0 Å². The van der Waals surface area contributed by atoms with Crippen molar-refractivity contribution in [1.29, 1.82) is 0 Å². The first kappa shape index (κ1) is 11.6. The van der Waals surface area contributed by atoms with Crippen LogP contribution in [0.15, 0.2) is 30.6 Å². The van der Waals surface area contributed by atoms with Gasteiger partial charge in [0.2, 0.25) is 0 Å². The summed E-state index contributed by atoms with van der Waals surface area (Å²) in [5.74, 6) is 0.656. The number of imidazole rings is 1. The summed E-state index contributed by atoms with van der Waals surface area (Å²) in [5.41, 5.74) is 6.21. The number of nitrogens with zero attached hydrogens (tertiary/aromatic N) is 2. The minimum Gasteiger partial charge on any atom is -0.494 e. The smallest absolute Gasteiger partial charge is 0.167 e. The first-order valence-corrected chi connectivity index (χ1v) is 5.32. The number of hydrogen-bond donors (Lipinski definition) is 1. The lowest BCUT2D eigenvalue weighted by atomic mass is 10.2. The van der Waals surface area contributed by atoms with Crippen molar-refractivity contribution >= 4 is 0 Å². The van der Waals surface area contributed by atoms with Crippen LogP contribution in [0, 0.1) is 5.82 Å². The molecule has 0 saturated carbocycles. The highest BCUT2D eigenvalue weighted by Crippen LogP contribution is 2.20. The molecule has 0 radical (unpaired) electrons. The Balaban J connectivity index is 2.39. The van der Waals surface area contributed by atoms with Gasteiger partial charge in [0.25, 0.3) is 0 Å². The highest BCUT2D eigenvalue weighted by molar-refractivity contribution is 5.39. The standard InChI is InChI=1S/C12H14FN3O/c1-17-11-3-2-9(8-10(11)13)16-7-6-15-12(16)4-5-14/h2-3,6-8H,4-5,14H2,1H3. The number of nitrogens with two attached hydrogens (primary N) is 1. The van der Waals surface area contributed by atoms with Gasteiger partial charge >= 0.3 is 0 Å². The molecule has 0 aliphatic heterocycles. The molecule has 0 aliphatic carbocycles. The predicted molar refractivity (Wildman–Crippen MR) is 62.8 cm³/mol. The zero-order valence-corrected chi connectivity index (χ0v) is 9.56. The number of rotatable bonds is 4. The van der Waals surface area contributed by atoms with Gasteiger partial charge in [-0.15, -0.1) is 0 Å². The Morgan fingerprint density at radius 1 is 1.47 bits per heavy atom. The summed E-state index contributed by atoms with van der Waals surface area (Å²) < 4.78 is 20.3. The van der Waals surface area contributed by atoms with Crippen LogP contribution >= 0.6 is 0 Å². The van der Waals surface area contributed by atoms with E-state index in [2.05, 4.69) is 4.98 Å². The lowest BCUT2D eigenvalue weighted by Gasteiger charge is -2.09. The zero-order chi connectivity index (χ0) is 12.3. The van der Waals surface area contributed by atoms with E-state index >= 15 is 0 Å². The number of ether oxygens (including phenoxy) is 1. The van der Waals surface area contributed by atoms with Gasteiger partial charge in [-0.2, -0.15) is 0 Å². The third-order valence-electron chi connectivity index (χ3n) is 2.50. The van der Waals surface area contributed by atoms with E-state index in [4.69, 9.17) is 10.5 Å². The topological polar surface area (TPSA) is 53.1 Å². The number of benzene rings is 1. The van der Waals surface area contributed by atoms with Crippen LogP contribution in [0.1, 0.15) is 5.82 Å². The second-order valence-corrected chi connectivity index (χ2v) is 3.57. The van der Waals surface area contributed by atoms with E-state index in [0.29, 0.717) is 18.7 Å². The Labute approximate surface area is 98.8 Å². The van der Waals surface area contributed by atoms with E-state index < -0.39 is 5.82 Å². The molecule has 0 spiro atoms. The lowest BCUT2D eigenvalue weighted by Crippen LogP contribution is -2.08. The molecule has 0 bridgehead atoms. The molecule has 2 rings (SSSR count). The largest absolute Gasteiger partial charge is 0.494 e. The van der Waals surface area contributed by atoms with Crippen molar-refractivity contribution in [3.05, 3.63) is 42.2 Å². The van der Waals surface area contributed by atoms with Gasteiger partial charge in [-0.3, -0.25) is 0 Å². The Morgan fingerprint density at radius 3 is 2.94 bits per heavy atom. The lowest BCUT2D eigenvalue weighted by molar-refractivity contribution is 0.386. The van der Waals surface area contributed by atoms with Gasteiger partial charge in [0.15, 0.2) is 11.6 Å². The van der Waals surface area contributed by atoms with Crippen LogP contribution in [-0.2, 0) is 6.42 Å². The van der Waals surface area contributed by atoms with Crippen LogP contribution in [0.4, 0.5) is 4.39 Å². The molecular weight excluding hydrogens is 221 g/mol. The van der Waals surface area contributed by atoms with Gasteiger partial charge in [-0.25, -0.2) is 9.37 Å². The molecule has 0 fully saturated rings. The van der Waals surface area contributed by atoms with Crippen molar-refractivity contribution in [2.75, 3.05) is 13.7 Å². The minimum atomic E-state index is -0.391. The predicted octanol–water partition coefficient (Wildman–Crippen LogP) is 1.52. The molecule has 0 aliphatic rings. The number of hydrogen-bond acceptors (Lipinski definition) is 3. The molecule has 0 atom stereocenters. The fraction of sp³-hybridized carbons (Fsp3) is 0.250. The maximum atomic E-state index is 13.6. The van der Waals surface area contributed by atoms with E-state index in [1.165, 1.54) is 13.2 Å². The molecule has 1 aromatic carbocycles. The molecule has 1 heterocycles. The molecule has 90 valence electrons. The Morgan fingerprint density at radius 2 is 2.29 bits per heavy atom. The first-order chi connectivity index (χ1) is 8.26. The average molecular weight is 235 g/mol. The zero-order valence-electron chi connectivity index (χ0n) is 9.56. The highest BCUT2D eigenvalue weighted by Gasteiger charge is 2.08. The van der Waals surface area contributed by atoms with Crippen LogP contribution < -0.4 is 10.5 Å². The molecule has 0 amide bonds. The maximum absolute atomic E-state index is 13.6. The summed E-state index contributed by atoms with van der Waals surface area (Å²) in [6, 6.07) is 4.79. The molecule has 0 unspecified atom stereocenters. The number of aromatic nitrogens is 2. The van der Waals surface area contributed by atoms with Crippen molar-refractivity contribution in [2.45, 2.75) is 6.42 Å². The molecule has 2 aromatic rings. The highest BCUT2D eigenvalue weighted by atomic mass is 19.1. The Bertz CT molecular complexity index is 510. The van der Waals surface area contributed by atoms with Crippen LogP contribution in [0.5, 0.6) is 5.75 Å². The maximum Gasteiger partial charge on any atom is 0.167 e. The normalized spacial score (nSPS) is 10.5. The van der Waals surface area contributed by atoms with Crippen molar-refractivity contribution in [3.63, 3.8) is 0 Å². The fourth-order valence-corrected chi connectivity index (χ4v) is 1.69. The average Bonchev–Trinajstić information content (AvgIpc) is 2.78. The van der Waals surface area contributed by atoms with E-state index in [1.807, 2.05) is 4.57 Å². The number of halogens is 1. The summed E-state index contributed by atoms with van der Waals surface area (Å²) in [6.45, 7) is 0.510. The molecule has 0 saturated heterocycles. The van der Waals surface area contributed by atoms with Crippen molar-refractivity contribution in [3.8, 4) is 11.4 Å². The fourth-order valence-electron chi connectivity index (χ4n) is 1.69. The van der Waals surface area contributed by atoms with Crippen molar-refractivity contribution in [2.24, 2.45) is 5.73 Å². The Hall–Kier alpha value is -1.88. The summed E-state index contributed by atoms with van der Waals surface area (Å²) >= 11 is 0. The van der Waals surface area contributed by atoms with Crippen molar-refractivity contribution < 1.29 is 9.13 Å². The second kappa shape index (κ2) is 4.97. The molecular formula is C12H14FN3O. The van der Waals surface area contributed by atoms with Gasteiger partial charge in [-0.1, -0.05) is 0 Å². The molecule has 4 nitrogen and oxygen atoms in total. The van der Waals surface area contributed by atoms with Crippen LogP contribution in [0.3, 0.4) is 0 Å². The molecule has 2 N–H and O–H groups in total. The minimum absolute atomic E-state index is 0.231. The molecule has 1 aromatic heterocycles. The SMILES string of the molecule is COc1ccc(-n2ccnc2CCN)cc1F. The monoisotopic (exact) mass is 235 g/mol. The van der Waals surface area contributed by atoms with Gasteiger partial charge in [0.05, 0.1) is 7.11 Å². The van der Waals surface area contributed by atoms with Gasteiger partial charge in [-0.05, 0) is 18.7 Å². The number of methoxy groups -OCH3 is 1. The van der Waals surface area contributed by atoms with Crippen LogP contribution in [-0.4, -0.2) is 23.2 Å². The summed E-state index contributed by atoms with van der Waals surface area (Å²) in [4.78, 5) is 4.18. The van der Waals surface area contributed by atoms with E-state index in [-0.39, 0.29) is 5.75 Å². The van der Waals surface area contributed by atoms with E-state index in [1.54, 1.807) is 24.5 Å². The third kappa shape index (κ3) is 2.29. The molecule has 5 heteroatoms. The van der Waals surface area contributed by atoms with Gasteiger partial charge in [0.1, 0.15) is 5.82 Å². The quantitative estimate of drug-likeness (QED) is 0.874. The molecule has 17 heavy (non-hydrogen) atoms. The second-order valence-electron chi connectivity index (χ2n) is 3.57. The van der Waals surface area contributed by atoms with Crippen LogP contribution in [0.25, 0.3) is 5.69 Å². The first-order valence-electron chi connectivity index (χ1n) is 5.32. The van der Waals surface area contributed by atoms with Gasteiger partial charge in [0, 0.05) is 30.6 Å². The van der Waals surface area contributed by atoms with Crippen molar-refractivity contribution in [1.82, 2.24) is 9.55 Å². The van der Waals surface area contributed by atoms with E-state index in [9.17, 15) is 4.39 Å². The summed E-state index contributed by atoms with van der Waals surface area (Å²) in [6.07, 6.45) is 4.11.